The van der Waals surface area contributed by atoms with Crippen LogP contribution in [0.15, 0.2) is 82.6 Å². The van der Waals surface area contributed by atoms with Crippen molar-refractivity contribution in [3.8, 4) is 23.0 Å². The number of cyclic esters (lactones) is 4. The van der Waals surface area contributed by atoms with E-state index in [9.17, 15) is 85.2 Å². The van der Waals surface area contributed by atoms with Crippen molar-refractivity contribution in [3.05, 3.63) is 106 Å². The monoisotopic (exact) mass is 1500 g/mol. The molecule has 0 aromatic heterocycles. The van der Waals surface area contributed by atoms with Gasteiger partial charge in [0.05, 0.1) is 85.9 Å². The van der Waals surface area contributed by atoms with Gasteiger partial charge in [-0.05, 0) is 74.3 Å². The Morgan fingerprint density at radius 1 is 0.529 bits per heavy atom. The summed E-state index contributed by atoms with van der Waals surface area (Å²) in [5, 5.41) is 58.5. The third kappa shape index (κ3) is 22.7. The predicted molar refractivity (Wildman–Crippen MR) is 378 cm³/mol. The second-order valence-electron chi connectivity index (χ2n) is 28.1. The lowest BCUT2D eigenvalue weighted by Gasteiger charge is -2.43. The van der Waals surface area contributed by atoms with Crippen LogP contribution in [0.1, 0.15) is 166 Å². The summed E-state index contributed by atoms with van der Waals surface area (Å²) in [6, 6.07) is 17.2. The Balaban J connectivity index is 0.000000550. The van der Waals surface area contributed by atoms with E-state index in [2.05, 4.69) is 14.2 Å². The number of esters is 6. The summed E-state index contributed by atoms with van der Waals surface area (Å²) < 4.78 is 86.8. The number of phenolic OH excluding ortho intramolecular Hbond substituents is 2. The van der Waals surface area contributed by atoms with Crippen LogP contribution >= 0.6 is 0 Å². The number of phenols is 2. The van der Waals surface area contributed by atoms with Crippen LogP contribution in [0.4, 0.5) is 0 Å². The number of aromatic hydroxyl groups is 2. The number of carbonyl (C=O) groups excluding carboxylic acids is 8. The molecule has 8 unspecified atom stereocenters. The van der Waals surface area contributed by atoms with E-state index in [1.54, 1.807) is 84.9 Å². The summed E-state index contributed by atoms with van der Waals surface area (Å²) in [7, 11) is -6.10. The van der Waals surface area contributed by atoms with Crippen LogP contribution in [0.2, 0.25) is 0 Å². The van der Waals surface area contributed by atoms with Crippen LogP contribution < -0.4 is 18.9 Å². The molecule has 2 fully saturated rings. The summed E-state index contributed by atoms with van der Waals surface area (Å²) in [6.07, 6.45) is 0.378. The largest absolute Gasteiger partial charge is 0.507 e. The van der Waals surface area contributed by atoms with Gasteiger partial charge in [0.2, 0.25) is 20.0 Å². The predicted octanol–water partition coefficient (Wildman–Crippen LogP) is 8.53. The normalized spacial score (nSPS) is 17.3. The van der Waals surface area contributed by atoms with Gasteiger partial charge in [-0.1, -0.05) is 156 Å². The van der Waals surface area contributed by atoms with E-state index in [1.807, 2.05) is 34.6 Å². The van der Waals surface area contributed by atoms with E-state index in [1.165, 1.54) is 54.0 Å². The number of nitrogens with one attached hydrogen (secondary N) is 2. The third-order valence-electron chi connectivity index (χ3n) is 18.9. The molecule has 4 aromatic carbocycles. The van der Waals surface area contributed by atoms with Crippen molar-refractivity contribution in [2.75, 3.05) is 53.7 Å². The highest BCUT2D eigenvalue weighted by Crippen LogP contribution is 2.51. The molecule has 0 bridgehead atoms. The van der Waals surface area contributed by atoms with Crippen molar-refractivity contribution in [2.45, 2.75) is 146 Å². The van der Waals surface area contributed by atoms with Crippen LogP contribution in [0, 0.1) is 82.9 Å². The van der Waals surface area contributed by atoms with Crippen molar-refractivity contribution in [3.63, 3.8) is 0 Å². The number of hydrogen-bond donors (Lipinski definition) is 8. The van der Waals surface area contributed by atoms with Crippen LogP contribution in [0.3, 0.4) is 0 Å². The van der Waals surface area contributed by atoms with E-state index in [-0.39, 0.29) is 107 Å². The van der Waals surface area contributed by atoms with Gasteiger partial charge in [0.1, 0.15) is 39.4 Å². The van der Waals surface area contributed by atoms with Gasteiger partial charge in [0, 0.05) is 43.0 Å². The summed E-state index contributed by atoms with van der Waals surface area (Å²) in [4.78, 5) is 127. The first-order chi connectivity index (χ1) is 48.2. The molecular weight excluding hydrogens is 1400 g/mol. The number of rotatable bonds is 32. The van der Waals surface area contributed by atoms with Crippen LogP contribution in [0.25, 0.3) is 0 Å². The molecule has 2 aliphatic rings. The lowest BCUT2D eigenvalue weighted by atomic mass is 9.59. The zero-order valence-electron chi connectivity index (χ0n) is 62.3. The summed E-state index contributed by atoms with van der Waals surface area (Å²) in [5.41, 5.74) is -2.06. The van der Waals surface area contributed by atoms with E-state index in [4.69, 9.17) is 33.9 Å². The van der Waals surface area contributed by atoms with Crippen molar-refractivity contribution in [1.29, 1.82) is 0 Å². The first kappa shape index (κ1) is 89.5. The fourth-order valence-corrected chi connectivity index (χ4v) is 15.1. The van der Waals surface area contributed by atoms with Gasteiger partial charge in [-0.3, -0.25) is 47.9 Å². The van der Waals surface area contributed by atoms with Crippen molar-refractivity contribution >= 4 is 79.4 Å². The van der Waals surface area contributed by atoms with Crippen molar-refractivity contribution in [1.82, 2.24) is 9.44 Å². The maximum absolute atomic E-state index is 14.1. The molecule has 2 heterocycles. The van der Waals surface area contributed by atoms with Gasteiger partial charge in [0.25, 0.3) is 0 Å². The molecular formula is C74H102N2O26S2. The van der Waals surface area contributed by atoms with Gasteiger partial charge < -0.3 is 59.1 Å². The number of aryl methyl sites for hydroxylation is 2. The lowest BCUT2D eigenvalue weighted by molar-refractivity contribution is -0.171. The number of carboxylic acids is 2. The molecule has 0 radical (unpaired) electrons. The van der Waals surface area contributed by atoms with Crippen LogP contribution in [0.5, 0.6) is 23.0 Å². The Kier molecular flexibility index (Phi) is 32.6. The number of ether oxygens (including phenoxy) is 6. The molecule has 28 nitrogen and oxygen atoms in total. The van der Waals surface area contributed by atoms with E-state index >= 15 is 0 Å². The first-order valence-electron chi connectivity index (χ1n) is 33.7. The summed E-state index contributed by atoms with van der Waals surface area (Å²) >= 11 is 0. The maximum atomic E-state index is 14.1. The molecule has 8 atom stereocenters. The number of sulfonamides is 2. The minimum absolute atomic E-state index is 0.108. The van der Waals surface area contributed by atoms with E-state index in [0.717, 1.165) is 41.8 Å². The molecule has 4 aromatic rings. The number of methoxy groups -OCH3 is 2. The van der Waals surface area contributed by atoms with E-state index in [0.29, 0.717) is 5.56 Å². The van der Waals surface area contributed by atoms with Gasteiger partial charge in [-0.15, -0.1) is 0 Å². The number of hydrogen-bond acceptors (Lipinski definition) is 24. The number of carbonyl (C=O) groups is 10. The highest BCUT2D eigenvalue weighted by Gasteiger charge is 2.56. The van der Waals surface area contributed by atoms with Gasteiger partial charge in [0.15, 0.2) is 11.6 Å². The molecule has 6 rings (SSSR count). The second-order valence-corrected chi connectivity index (χ2v) is 31.6. The fourth-order valence-electron chi connectivity index (χ4n) is 12.7. The molecule has 0 aliphatic carbocycles. The molecule has 0 saturated carbocycles. The molecule has 30 heteroatoms. The zero-order chi connectivity index (χ0) is 79.5. The molecule has 104 heavy (non-hydrogen) atoms. The lowest BCUT2D eigenvalue weighted by Crippen LogP contribution is -2.48. The maximum Gasteiger partial charge on any atom is 0.318 e. The highest BCUT2D eigenvalue weighted by molar-refractivity contribution is 7.90. The SMILES string of the molecule is CCC(C)(C)C1C(=O)OC(=O)C1C.CCO.CCOC(=O)C(C(CC(C)(C)C1C(=O)OC(=O)C1C)C(=O)O)C(C)(C)CC(C(=O)O)C(C(=O)OCCNS(=O)(=O)c1cc(C(=O)c2ccc(C)cc2)c(O)cc1OC)C(C)(C)CC.COc1cc(O)c(C(=O)c2ccc(C)cc2)cc1S(=O)(=O)NCCO. The number of benzene rings is 4. The van der Waals surface area contributed by atoms with Crippen molar-refractivity contribution < 1.29 is 124 Å². The number of aliphatic hydroxyl groups is 2. The van der Waals surface area contributed by atoms with Crippen LogP contribution in [-0.2, 0) is 77.4 Å². The van der Waals surface area contributed by atoms with Crippen LogP contribution in [-0.4, -0.2) is 161 Å². The Bertz CT molecular complexity index is 3970. The van der Waals surface area contributed by atoms with Gasteiger partial charge in [-0.25, -0.2) is 26.3 Å². The zero-order valence-corrected chi connectivity index (χ0v) is 63.9. The average molecular weight is 1500 g/mol. The first-order valence-corrected chi connectivity index (χ1v) is 36.7. The fraction of sp³-hybridized carbons (Fsp3) is 0.541. The minimum atomic E-state index is -4.49. The second kappa shape index (κ2) is 37.8. The molecule has 0 spiro atoms. The quantitative estimate of drug-likeness (QED) is 0.00746. The Hall–Kier alpha value is -8.68. The molecule has 2 aliphatic heterocycles. The number of carboxylic acid groups (broad SMARTS) is 2. The molecule has 2 saturated heterocycles. The third-order valence-corrected chi connectivity index (χ3v) is 21.8. The Labute approximate surface area is 608 Å². The van der Waals surface area contributed by atoms with E-state index < -0.39 is 149 Å². The minimum Gasteiger partial charge on any atom is -0.507 e. The average Bonchev–Trinajstić information content (AvgIpc) is 1.26. The highest BCUT2D eigenvalue weighted by atomic mass is 32.2. The standard InChI is InChI=1S/C45H61NO16S.C17H19NO6S.C10H16O3.C2H6O/c1-12-43(5,6)34(41(55)61-19-18-46-63(57,58)32-20-27(30(47)21-31(32)59-11)36(48)26-16-14-24(3)15-17-26)28(37(49)50)23-45(9,10)35(40(54)60-13-2)29(38(51)52)22-44(7,8)33-25(4)39(53)62-42(33)56;1-11-3-5-12(6-4-11)17(21)13-9-16(15(24-2)10-14(13)20)25(22,23)18-7-8-19;1-5-10(3,4)7-6(2)8(11)13-9(7)12;1-2-3/h14-17,20-21,25,28-29,33-35,46-47H,12-13,18-19,22-23H2,1-11H3,(H,49,50)(H,51,52);3-6,9-10,18-20H,7-8H2,1-2H3;6-7H,5H2,1-4H3;3H,2H2,1H3. The van der Waals surface area contributed by atoms with Gasteiger partial charge >= 0.3 is 47.8 Å². The molecule has 0 amide bonds. The summed E-state index contributed by atoms with van der Waals surface area (Å²) in [6.45, 7) is 25.8. The van der Waals surface area contributed by atoms with Crippen molar-refractivity contribution in [2.24, 2.45) is 69.0 Å². The topological polar surface area (TPSA) is 440 Å². The number of aliphatic hydroxyl groups excluding tert-OH is 2. The smallest absolute Gasteiger partial charge is 0.318 e. The van der Waals surface area contributed by atoms with Gasteiger partial charge in [-0.2, -0.15) is 0 Å². The summed E-state index contributed by atoms with van der Waals surface area (Å²) in [5.74, 6) is -18.2. The Morgan fingerprint density at radius 3 is 1.23 bits per heavy atom. The number of ketones is 2. The Morgan fingerprint density at radius 2 is 0.894 bits per heavy atom. The number of aliphatic carboxylic acids is 2. The molecule has 576 valence electrons. The molecule has 8 N–H and O–H groups in total.